The summed E-state index contributed by atoms with van der Waals surface area (Å²) in [5, 5.41) is 3.35. The number of hydrogen-bond acceptors (Lipinski definition) is 3. The fourth-order valence-corrected chi connectivity index (χ4v) is 1.45. The molecule has 0 aromatic rings. The maximum atomic E-state index is 10.7. The van der Waals surface area contributed by atoms with Gasteiger partial charge in [0.2, 0.25) is 0 Å². The van der Waals surface area contributed by atoms with Gasteiger partial charge in [-0.15, -0.1) is 0 Å². The van der Waals surface area contributed by atoms with Crippen molar-refractivity contribution >= 4 is 21.4 Å². The third-order valence-corrected chi connectivity index (χ3v) is 1.98. The molecule has 0 aliphatic heterocycles. The Bertz CT molecular complexity index is 336. The molecule has 7 heteroatoms. The average molecular weight is 210 g/mol. The molecular weight excluding hydrogens is 202 g/mol. The van der Waals surface area contributed by atoms with Crippen LogP contribution in [0, 0.1) is 0 Å². The van der Waals surface area contributed by atoms with E-state index in [0.29, 0.717) is 0 Å². The van der Waals surface area contributed by atoms with E-state index in [2.05, 4.69) is 10.0 Å². The Kier molecular flexibility index (Phi) is 4.09. The minimum Gasteiger partial charge on any atom is -0.229 e. The van der Waals surface area contributed by atoms with Gasteiger partial charge in [0, 0.05) is 21.9 Å². The van der Waals surface area contributed by atoms with Crippen molar-refractivity contribution in [3.8, 4) is 0 Å². The molecule has 0 amide bonds. The molecule has 0 rings (SSSR count). The van der Waals surface area contributed by atoms with Crippen LogP contribution >= 0.6 is 11.6 Å². The van der Waals surface area contributed by atoms with E-state index >= 15 is 0 Å². The summed E-state index contributed by atoms with van der Waals surface area (Å²) in [7, 11) is -3.20. The Morgan fingerprint density at radius 3 is 2.42 bits per heavy atom. The molecular formula is C5H8ClN3O2S. The normalized spacial score (nSPS) is 13.2. The van der Waals surface area contributed by atoms with Crippen molar-refractivity contribution in [3.63, 3.8) is 0 Å². The molecule has 0 aliphatic carbocycles. The maximum Gasteiger partial charge on any atom is 0.151 e. The zero-order valence-corrected chi connectivity index (χ0v) is 8.22. The number of allylic oxidation sites excluding steroid dienone is 1. The van der Waals surface area contributed by atoms with Crippen molar-refractivity contribution < 1.29 is 8.42 Å². The summed E-state index contributed by atoms with van der Waals surface area (Å²) in [6.07, 6.45) is 1.04. The van der Waals surface area contributed by atoms with Gasteiger partial charge in [-0.2, -0.15) is 0 Å². The third-order valence-electron chi connectivity index (χ3n) is 0.962. The predicted octanol–water partition coefficient (Wildman–Crippen LogP) is 1.81. The third kappa shape index (κ3) is 5.01. The Morgan fingerprint density at radius 2 is 2.17 bits per heavy atom. The molecule has 68 valence electrons. The molecule has 0 bridgehead atoms. The lowest BCUT2D eigenvalue weighted by atomic mass is 10.5. The molecule has 0 saturated heterocycles. The van der Waals surface area contributed by atoms with Gasteiger partial charge in [0.05, 0.1) is 5.75 Å². The lowest BCUT2D eigenvalue weighted by Gasteiger charge is -1.98. The highest BCUT2D eigenvalue weighted by molar-refractivity contribution is 7.90. The molecule has 0 aromatic carbocycles. The molecule has 0 aliphatic rings. The Hall–Kier alpha value is -0.710. The fraction of sp³-hybridized carbons (Fsp3) is 0.600. The van der Waals surface area contributed by atoms with Crippen molar-refractivity contribution in [1.82, 2.24) is 0 Å². The number of halogens is 1. The lowest BCUT2D eigenvalue weighted by molar-refractivity contribution is 0.603. The van der Waals surface area contributed by atoms with Gasteiger partial charge in [0.25, 0.3) is 0 Å². The van der Waals surface area contributed by atoms with Gasteiger partial charge in [0.1, 0.15) is 0 Å². The second-order valence-corrected chi connectivity index (χ2v) is 4.95. The van der Waals surface area contributed by atoms with Crippen LogP contribution in [0.4, 0.5) is 0 Å². The van der Waals surface area contributed by atoms with Crippen LogP contribution < -0.4 is 0 Å². The number of azide groups is 1. The van der Waals surface area contributed by atoms with Crippen molar-refractivity contribution in [2.24, 2.45) is 5.11 Å². The predicted molar refractivity (Wildman–Crippen MR) is 47.4 cm³/mol. The lowest BCUT2D eigenvalue weighted by Crippen LogP contribution is -2.04. The monoisotopic (exact) mass is 209 g/mol. The molecule has 12 heavy (non-hydrogen) atoms. The zero-order chi connectivity index (χ0) is 9.78. The highest BCUT2D eigenvalue weighted by Crippen LogP contribution is 2.11. The van der Waals surface area contributed by atoms with Crippen LogP contribution in [0.5, 0.6) is 0 Å². The summed E-state index contributed by atoms with van der Waals surface area (Å²) < 4.78 is 21.5. The molecule has 0 spiro atoms. The van der Waals surface area contributed by atoms with Gasteiger partial charge in [-0.05, 0) is 12.5 Å². The fourth-order valence-electron chi connectivity index (χ4n) is 0.500. The molecule has 0 aromatic heterocycles. The summed E-state index contributed by atoms with van der Waals surface area (Å²) in [5.74, 6) is -0.327. The van der Waals surface area contributed by atoms with Gasteiger partial charge in [0.15, 0.2) is 9.84 Å². The first-order valence-electron chi connectivity index (χ1n) is 2.95. The van der Waals surface area contributed by atoms with Crippen LogP contribution in [0.1, 0.15) is 6.92 Å². The minimum absolute atomic E-state index is 0.0432. The van der Waals surface area contributed by atoms with Crippen molar-refractivity contribution in [3.05, 3.63) is 21.2 Å². The quantitative estimate of drug-likeness (QED) is 0.403. The van der Waals surface area contributed by atoms with Crippen LogP contribution in [0.2, 0.25) is 0 Å². The van der Waals surface area contributed by atoms with E-state index in [9.17, 15) is 8.42 Å². The molecule has 0 radical (unpaired) electrons. The number of rotatable bonds is 3. The standard InChI is InChI=1S/C5H8ClN3O2S/c1-4(6)5(8-9-7)3-12(2,10)11/h3H2,1-2H3/b5-4+. The van der Waals surface area contributed by atoms with Crippen LogP contribution in [0.15, 0.2) is 15.8 Å². The minimum atomic E-state index is -3.20. The second kappa shape index (κ2) is 4.35. The molecule has 5 nitrogen and oxygen atoms in total. The highest BCUT2D eigenvalue weighted by Gasteiger charge is 2.07. The van der Waals surface area contributed by atoms with Crippen molar-refractivity contribution in [2.75, 3.05) is 12.0 Å². The topological polar surface area (TPSA) is 82.9 Å². The van der Waals surface area contributed by atoms with E-state index in [0.717, 1.165) is 6.26 Å². The molecule has 0 N–H and O–H groups in total. The van der Waals surface area contributed by atoms with E-state index in [1.54, 1.807) is 0 Å². The first-order chi connectivity index (χ1) is 5.37. The summed E-state index contributed by atoms with van der Waals surface area (Å²) in [4.78, 5) is 2.46. The summed E-state index contributed by atoms with van der Waals surface area (Å²) in [5.41, 5.74) is 8.10. The highest BCUT2D eigenvalue weighted by atomic mass is 35.5. The number of sulfone groups is 1. The Morgan fingerprint density at radius 1 is 1.67 bits per heavy atom. The smallest absolute Gasteiger partial charge is 0.151 e. The van der Waals surface area contributed by atoms with Crippen molar-refractivity contribution in [2.45, 2.75) is 6.92 Å². The van der Waals surface area contributed by atoms with Crippen LogP contribution in [-0.4, -0.2) is 20.4 Å². The van der Waals surface area contributed by atoms with E-state index in [1.165, 1.54) is 6.92 Å². The summed E-state index contributed by atoms with van der Waals surface area (Å²) in [6, 6.07) is 0. The van der Waals surface area contributed by atoms with Gasteiger partial charge < -0.3 is 0 Å². The first-order valence-corrected chi connectivity index (χ1v) is 5.38. The molecule has 0 fully saturated rings. The van der Waals surface area contributed by atoms with E-state index < -0.39 is 9.84 Å². The Labute approximate surface area is 75.6 Å². The largest absolute Gasteiger partial charge is 0.229 e. The van der Waals surface area contributed by atoms with E-state index in [1.807, 2.05) is 0 Å². The van der Waals surface area contributed by atoms with E-state index in [4.69, 9.17) is 17.1 Å². The maximum absolute atomic E-state index is 10.7. The number of hydrogen-bond donors (Lipinski definition) is 0. The second-order valence-electron chi connectivity index (χ2n) is 2.24. The number of nitrogens with zero attached hydrogens (tertiary/aromatic N) is 3. The summed E-state index contributed by atoms with van der Waals surface area (Å²) in [6.45, 7) is 1.47. The van der Waals surface area contributed by atoms with Gasteiger partial charge in [-0.3, -0.25) is 0 Å². The molecule has 0 unspecified atom stereocenters. The molecule has 0 heterocycles. The average Bonchev–Trinajstić information content (AvgIpc) is 1.83. The van der Waals surface area contributed by atoms with Gasteiger partial charge >= 0.3 is 0 Å². The van der Waals surface area contributed by atoms with Gasteiger partial charge in [-0.25, -0.2) is 8.42 Å². The molecule has 0 saturated carbocycles. The molecule has 0 atom stereocenters. The zero-order valence-electron chi connectivity index (χ0n) is 6.65. The van der Waals surface area contributed by atoms with E-state index in [-0.39, 0.29) is 16.5 Å². The van der Waals surface area contributed by atoms with Crippen LogP contribution in [-0.2, 0) is 9.84 Å². The SMILES string of the molecule is C/C(Cl)=C(/CS(C)(=O)=O)N=[N+]=[N-]. The van der Waals surface area contributed by atoms with Crippen LogP contribution in [0.25, 0.3) is 10.4 Å². The van der Waals surface area contributed by atoms with Gasteiger partial charge in [-0.1, -0.05) is 16.7 Å². The summed E-state index contributed by atoms with van der Waals surface area (Å²) >= 11 is 5.48. The van der Waals surface area contributed by atoms with Crippen molar-refractivity contribution in [1.29, 1.82) is 0 Å². The van der Waals surface area contributed by atoms with Crippen LogP contribution in [0.3, 0.4) is 0 Å². The first kappa shape index (κ1) is 11.3. The Balaban J connectivity index is 4.84.